The maximum absolute atomic E-state index is 5.68. The molecule has 5 rings (SSSR count). The number of aryl methyl sites for hydroxylation is 2. The van der Waals surface area contributed by atoms with E-state index in [1.807, 2.05) is 6.07 Å². The Morgan fingerprint density at radius 2 is 1.62 bits per heavy atom. The fourth-order valence-electron chi connectivity index (χ4n) is 3.75. The third kappa shape index (κ3) is 2.27. The molecule has 0 atom stereocenters. The van der Waals surface area contributed by atoms with Gasteiger partial charge >= 0.3 is 158 Å². The summed E-state index contributed by atoms with van der Waals surface area (Å²) in [6.07, 6.45) is 2.09. The van der Waals surface area contributed by atoms with Gasteiger partial charge in [0.2, 0.25) is 0 Å². The van der Waals surface area contributed by atoms with Crippen molar-refractivity contribution < 1.29 is 13.4 Å². The van der Waals surface area contributed by atoms with Crippen LogP contribution in [-0.2, 0) is 7.05 Å². The van der Waals surface area contributed by atoms with Crippen molar-refractivity contribution in [1.29, 1.82) is 0 Å². The second kappa shape index (κ2) is 5.66. The number of hydrogen-bond acceptors (Lipinski definition) is 2. The van der Waals surface area contributed by atoms with Gasteiger partial charge in [0.15, 0.2) is 0 Å². The molecule has 0 radical (unpaired) electrons. The number of pyridine rings is 1. The topological polar surface area (TPSA) is 30.2 Å². The van der Waals surface area contributed by atoms with Crippen molar-refractivity contribution in [2.45, 2.75) is 6.92 Å². The molecule has 5 aromatic rings. The Morgan fingerprint density at radius 1 is 0.846 bits per heavy atom. The molecule has 0 N–H and O–H groups in total. The van der Waals surface area contributed by atoms with Gasteiger partial charge in [0.1, 0.15) is 0 Å². The number of aromatic nitrogens is 1. The Bertz CT molecular complexity index is 1380. The molecule has 0 unspecified atom stereocenters. The summed E-state index contributed by atoms with van der Waals surface area (Å²) in [5, 5.41) is 4.81. The van der Waals surface area contributed by atoms with E-state index in [-0.39, 0.29) is 0 Å². The molecular weight excluding hydrogens is 389 g/mol. The summed E-state index contributed by atoms with van der Waals surface area (Å²) < 4.78 is 13.9. The second-order valence-electron chi connectivity index (χ2n) is 6.57. The van der Waals surface area contributed by atoms with E-state index in [1.165, 1.54) is 27.6 Å². The van der Waals surface area contributed by atoms with Gasteiger partial charge in [0.25, 0.3) is 0 Å². The van der Waals surface area contributed by atoms with Gasteiger partial charge in [-0.2, -0.15) is 0 Å². The predicted octanol–water partition coefficient (Wildman–Crippen LogP) is 4.83. The summed E-state index contributed by atoms with van der Waals surface area (Å²) in [7, 11) is 2.08. The van der Waals surface area contributed by atoms with E-state index < -0.39 is 0 Å². The van der Waals surface area contributed by atoms with Gasteiger partial charge in [-0.1, -0.05) is 0 Å². The van der Waals surface area contributed by atoms with Crippen LogP contribution in [0.25, 0.3) is 44.0 Å². The standard InChI is InChI=1S/C22H16NO2Se/c1-13-16-6-4-3-5-14(16)7-8-17(13)21-18-12-20-19(24-22(26)25-20)11-15(18)9-10-23(21)2/h3-12H,1-2H3/q+1. The molecule has 4 heteroatoms. The van der Waals surface area contributed by atoms with E-state index in [0.717, 1.165) is 21.9 Å². The van der Waals surface area contributed by atoms with Gasteiger partial charge in [-0.3, -0.25) is 0 Å². The zero-order valence-electron chi connectivity index (χ0n) is 14.4. The van der Waals surface area contributed by atoms with E-state index in [1.54, 1.807) is 0 Å². The van der Waals surface area contributed by atoms with Crippen molar-refractivity contribution in [2.24, 2.45) is 7.05 Å². The third-order valence-corrected chi connectivity index (χ3v) is 5.39. The van der Waals surface area contributed by atoms with Crippen LogP contribution in [0.4, 0.5) is 0 Å². The molecule has 2 aromatic heterocycles. The van der Waals surface area contributed by atoms with Crippen molar-refractivity contribution in [2.75, 3.05) is 0 Å². The van der Waals surface area contributed by atoms with E-state index in [4.69, 9.17) is 8.83 Å². The van der Waals surface area contributed by atoms with Gasteiger partial charge in [-0.15, -0.1) is 0 Å². The van der Waals surface area contributed by atoms with E-state index >= 15 is 0 Å². The van der Waals surface area contributed by atoms with Gasteiger partial charge in [0.05, 0.1) is 0 Å². The quantitative estimate of drug-likeness (QED) is 0.295. The molecule has 3 aromatic carbocycles. The summed E-state index contributed by atoms with van der Waals surface area (Å²) >= 11 is 2.79. The van der Waals surface area contributed by atoms with Crippen LogP contribution in [0.2, 0.25) is 0 Å². The van der Waals surface area contributed by atoms with E-state index in [0.29, 0.717) is 4.46 Å². The Hall–Kier alpha value is -2.68. The summed E-state index contributed by atoms with van der Waals surface area (Å²) in [6, 6.07) is 19.1. The monoisotopic (exact) mass is 406 g/mol. The molecule has 0 saturated heterocycles. The average molecular weight is 405 g/mol. The van der Waals surface area contributed by atoms with Crippen LogP contribution >= 0.6 is 0 Å². The molecule has 3 nitrogen and oxygen atoms in total. The van der Waals surface area contributed by atoms with Crippen LogP contribution in [0.5, 0.6) is 0 Å². The number of hydrogen-bond donors (Lipinski definition) is 0. The van der Waals surface area contributed by atoms with Gasteiger partial charge < -0.3 is 0 Å². The first-order chi connectivity index (χ1) is 12.6. The van der Waals surface area contributed by atoms with Crippen LogP contribution in [0.15, 0.2) is 69.6 Å². The number of benzene rings is 3. The van der Waals surface area contributed by atoms with Crippen molar-refractivity contribution in [1.82, 2.24) is 0 Å². The third-order valence-electron chi connectivity index (χ3n) is 5.04. The molecule has 126 valence electrons. The summed E-state index contributed by atoms with van der Waals surface area (Å²) in [5.74, 6) is 0. The molecule has 0 aliphatic carbocycles. The van der Waals surface area contributed by atoms with Crippen LogP contribution in [0.3, 0.4) is 0 Å². The van der Waals surface area contributed by atoms with E-state index in [9.17, 15) is 0 Å². The Balaban J connectivity index is 1.91. The first-order valence-electron chi connectivity index (χ1n) is 8.46. The van der Waals surface area contributed by atoms with Crippen LogP contribution < -0.4 is 4.57 Å². The summed E-state index contributed by atoms with van der Waals surface area (Å²) in [6.45, 7) is 2.19. The molecule has 0 aliphatic rings. The molecule has 2 heterocycles. The van der Waals surface area contributed by atoms with Crippen molar-refractivity contribution >= 4 is 48.3 Å². The molecule has 0 aliphatic heterocycles. The van der Waals surface area contributed by atoms with Crippen molar-refractivity contribution in [3.63, 3.8) is 0 Å². The van der Waals surface area contributed by atoms with Crippen LogP contribution in [0.1, 0.15) is 5.56 Å². The minimum absolute atomic E-state index is 0.447. The molecular formula is C22H16NO2Se+. The normalized spacial score (nSPS) is 11.6. The predicted molar refractivity (Wildman–Crippen MR) is 104 cm³/mol. The van der Waals surface area contributed by atoms with Gasteiger partial charge in [0, 0.05) is 0 Å². The fraction of sp³-hybridized carbons (Fsp3) is 0.0909. The molecule has 0 spiro atoms. The summed E-state index contributed by atoms with van der Waals surface area (Å²) in [4.78, 5) is 0. The number of rotatable bonds is 1. The second-order valence-corrected chi connectivity index (χ2v) is 7.27. The first-order valence-corrected chi connectivity index (χ1v) is 9.32. The molecule has 0 saturated carbocycles. The maximum atomic E-state index is 5.68. The Labute approximate surface area is 157 Å². The minimum atomic E-state index is 0.447. The number of fused-ring (bicyclic) bond motifs is 3. The zero-order valence-corrected chi connectivity index (χ0v) is 16.2. The summed E-state index contributed by atoms with van der Waals surface area (Å²) in [5.41, 5.74) is 5.17. The SMILES string of the molecule is Cc1c(-c2c3cc4oc(=[Se])oc4cc3cc[n+]2C)ccc2ccccc12. The first kappa shape index (κ1) is 15.6. The molecule has 0 bridgehead atoms. The molecule has 26 heavy (non-hydrogen) atoms. The molecule has 0 fully saturated rings. The molecule has 0 amide bonds. The van der Waals surface area contributed by atoms with Crippen LogP contribution in [0, 0.1) is 11.4 Å². The Kier molecular flexibility index (Phi) is 3.39. The van der Waals surface area contributed by atoms with Crippen molar-refractivity contribution in [3.8, 4) is 11.3 Å². The van der Waals surface area contributed by atoms with Gasteiger partial charge in [-0.25, -0.2) is 0 Å². The van der Waals surface area contributed by atoms with Crippen molar-refractivity contribution in [3.05, 3.63) is 70.8 Å². The van der Waals surface area contributed by atoms with Crippen LogP contribution in [-0.4, -0.2) is 15.6 Å². The fourth-order valence-corrected chi connectivity index (χ4v) is 4.13. The Morgan fingerprint density at radius 3 is 2.46 bits per heavy atom. The zero-order chi connectivity index (χ0) is 17.8. The number of nitrogens with zero attached hydrogens (tertiary/aromatic N) is 1. The van der Waals surface area contributed by atoms with Gasteiger partial charge in [-0.05, 0) is 0 Å². The average Bonchev–Trinajstić information content (AvgIpc) is 3.00. The van der Waals surface area contributed by atoms with E-state index in [2.05, 4.69) is 88.8 Å².